The molecular formula is C22H22N6O3. The van der Waals surface area contributed by atoms with Gasteiger partial charge in [0.15, 0.2) is 5.76 Å². The summed E-state index contributed by atoms with van der Waals surface area (Å²) < 4.78 is 7.58. The van der Waals surface area contributed by atoms with E-state index in [9.17, 15) is 9.90 Å². The molecule has 4 aromatic rings. The van der Waals surface area contributed by atoms with Gasteiger partial charge in [0.25, 0.3) is 5.91 Å². The van der Waals surface area contributed by atoms with Gasteiger partial charge in [0, 0.05) is 18.6 Å². The Morgan fingerprint density at radius 1 is 1.19 bits per heavy atom. The maximum absolute atomic E-state index is 12.9. The third-order valence-electron chi connectivity index (χ3n) is 5.54. The van der Waals surface area contributed by atoms with Crippen molar-refractivity contribution in [3.05, 3.63) is 60.9 Å². The molecule has 158 valence electrons. The Bertz CT molecular complexity index is 1160. The van der Waals surface area contributed by atoms with Crippen LogP contribution in [0.1, 0.15) is 42.3 Å². The Morgan fingerprint density at radius 3 is 2.81 bits per heavy atom. The van der Waals surface area contributed by atoms with Crippen molar-refractivity contribution < 1.29 is 14.3 Å². The zero-order chi connectivity index (χ0) is 21.2. The molecule has 0 unspecified atom stereocenters. The Balaban J connectivity index is 1.42. The number of anilines is 1. The van der Waals surface area contributed by atoms with E-state index in [0.29, 0.717) is 22.8 Å². The number of rotatable bonds is 5. The van der Waals surface area contributed by atoms with Gasteiger partial charge in [-0.05, 0) is 49.9 Å². The number of carbonyl (C=O) groups excluding carboxylic acids is 1. The fourth-order valence-electron chi connectivity index (χ4n) is 3.87. The predicted octanol–water partition coefficient (Wildman–Crippen LogP) is 3.66. The first-order chi connectivity index (χ1) is 15.2. The van der Waals surface area contributed by atoms with Gasteiger partial charge >= 0.3 is 0 Å². The molecule has 0 atom stereocenters. The van der Waals surface area contributed by atoms with E-state index in [2.05, 4.69) is 20.5 Å². The lowest BCUT2D eigenvalue weighted by Crippen LogP contribution is -2.21. The molecule has 1 fully saturated rings. The minimum absolute atomic E-state index is 0.174. The molecule has 31 heavy (non-hydrogen) atoms. The third kappa shape index (κ3) is 3.99. The van der Waals surface area contributed by atoms with E-state index in [1.807, 2.05) is 29.1 Å². The quantitative estimate of drug-likeness (QED) is 0.455. The summed E-state index contributed by atoms with van der Waals surface area (Å²) in [7, 11) is 0. The van der Waals surface area contributed by atoms with E-state index in [4.69, 9.17) is 9.52 Å². The number of hydrogen-bond donors (Lipinski definition) is 3. The summed E-state index contributed by atoms with van der Waals surface area (Å²) in [6.07, 6.45) is 9.78. The van der Waals surface area contributed by atoms with E-state index in [0.717, 1.165) is 31.2 Å². The van der Waals surface area contributed by atoms with Crippen LogP contribution in [-0.4, -0.2) is 42.1 Å². The number of aliphatic hydroxyl groups excluding tert-OH is 1. The molecule has 9 heteroatoms. The number of amides is 1. The first kappa shape index (κ1) is 19.3. The molecule has 3 N–H and O–H groups in total. The highest BCUT2D eigenvalue weighted by molar-refractivity contribution is 6.04. The SMILES string of the molecule is O=C(Nc1cn([C@H]2CC[C@@H](O)CC2)nc1-c1ccccn1)c1ccc(-c2cn[nH]c2)o1. The summed E-state index contributed by atoms with van der Waals surface area (Å²) in [5.74, 6) is 0.377. The maximum atomic E-state index is 12.9. The second-order valence-electron chi connectivity index (χ2n) is 7.65. The molecule has 1 saturated carbocycles. The molecule has 5 rings (SSSR count). The molecular weight excluding hydrogens is 396 g/mol. The number of aromatic nitrogens is 5. The summed E-state index contributed by atoms with van der Waals surface area (Å²) in [6.45, 7) is 0. The first-order valence-corrected chi connectivity index (χ1v) is 10.3. The average Bonchev–Trinajstić information content (AvgIpc) is 3.55. The van der Waals surface area contributed by atoms with Gasteiger partial charge in [0.1, 0.15) is 11.5 Å². The monoisotopic (exact) mass is 418 g/mol. The van der Waals surface area contributed by atoms with Crippen LogP contribution >= 0.6 is 0 Å². The Labute approximate surface area is 178 Å². The van der Waals surface area contributed by atoms with E-state index in [1.54, 1.807) is 30.7 Å². The Kier molecular flexibility index (Phi) is 5.09. The number of furan rings is 1. The zero-order valence-corrected chi connectivity index (χ0v) is 16.7. The van der Waals surface area contributed by atoms with Crippen LogP contribution in [0.4, 0.5) is 5.69 Å². The van der Waals surface area contributed by atoms with Crippen molar-refractivity contribution in [1.29, 1.82) is 0 Å². The molecule has 1 amide bonds. The lowest BCUT2D eigenvalue weighted by molar-refractivity contribution is 0.0997. The van der Waals surface area contributed by atoms with E-state index in [-0.39, 0.29) is 23.8 Å². The second-order valence-corrected chi connectivity index (χ2v) is 7.65. The highest BCUT2D eigenvalue weighted by atomic mass is 16.4. The Hall–Kier alpha value is -3.72. The summed E-state index contributed by atoms with van der Waals surface area (Å²) in [6, 6.07) is 9.11. The van der Waals surface area contributed by atoms with Gasteiger partial charge in [0.05, 0.1) is 35.3 Å². The molecule has 1 aliphatic carbocycles. The van der Waals surface area contributed by atoms with Crippen molar-refractivity contribution in [2.24, 2.45) is 0 Å². The van der Waals surface area contributed by atoms with Crippen molar-refractivity contribution in [3.63, 3.8) is 0 Å². The summed E-state index contributed by atoms with van der Waals surface area (Å²) in [5.41, 5.74) is 2.60. The largest absolute Gasteiger partial charge is 0.451 e. The normalized spacial score (nSPS) is 18.7. The zero-order valence-electron chi connectivity index (χ0n) is 16.7. The fourth-order valence-corrected chi connectivity index (χ4v) is 3.87. The van der Waals surface area contributed by atoms with Gasteiger partial charge in [-0.1, -0.05) is 6.07 Å². The number of carbonyl (C=O) groups is 1. The third-order valence-corrected chi connectivity index (χ3v) is 5.54. The summed E-state index contributed by atoms with van der Waals surface area (Å²) in [5, 5.41) is 24.1. The number of aliphatic hydroxyl groups is 1. The standard InChI is InChI=1S/C22H22N6O3/c29-16-6-4-15(5-7-16)28-13-18(21(27-28)17-3-1-2-10-23-17)26-22(30)20-9-8-19(31-20)14-11-24-25-12-14/h1-3,8-13,15-16,29H,4-7H2,(H,24,25)(H,26,30)/t15-,16+. The van der Waals surface area contributed by atoms with E-state index >= 15 is 0 Å². The Morgan fingerprint density at radius 2 is 2.06 bits per heavy atom. The molecule has 0 saturated heterocycles. The van der Waals surface area contributed by atoms with Crippen molar-refractivity contribution >= 4 is 11.6 Å². The molecule has 0 aliphatic heterocycles. The van der Waals surface area contributed by atoms with Gasteiger partial charge in [-0.3, -0.25) is 19.6 Å². The maximum Gasteiger partial charge on any atom is 0.291 e. The lowest BCUT2D eigenvalue weighted by atomic mass is 9.93. The number of aromatic amines is 1. The second kappa shape index (κ2) is 8.19. The highest BCUT2D eigenvalue weighted by Crippen LogP contribution is 2.33. The minimum atomic E-state index is -0.370. The van der Waals surface area contributed by atoms with Gasteiger partial charge in [-0.25, -0.2) is 0 Å². The van der Waals surface area contributed by atoms with E-state index < -0.39 is 0 Å². The summed E-state index contributed by atoms with van der Waals surface area (Å²) >= 11 is 0. The van der Waals surface area contributed by atoms with Crippen LogP contribution in [-0.2, 0) is 0 Å². The van der Waals surface area contributed by atoms with Crippen molar-refractivity contribution in [3.8, 4) is 22.7 Å². The fraction of sp³-hybridized carbons (Fsp3) is 0.273. The van der Waals surface area contributed by atoms with Crippen LogP contribution in [0.5, 0.6) is 0 Å². The molecule has 1 aliphatic rings. The van der Waals surface area contributed by atoms with E-state index in [1.165, 1.54) is 0 Å². The van der Waals surface area contributed by atoms with Crippen LogP contribution in [0.3, 0.4) is 0 Å². The van der Waals surface area contributed by atoms with Crippen LogP contribution in [0.15, 0.2) is 59.5 Å². The molecule has 0 bridgehead atoms. The summed E-state index contributed by atoms with van der Waals surface area (Å²) in [4.78, 5) is 17.3. The van der Waals surface area contributed by atoms with Gasteiger partial charge < -0.3 is 14.8 Å². The molecule has 4 aromatic heterocycles. The number of nitrogens with zero attached hydrogens (tertiary/aromatic N) is 4. The minimum Gasteiger partial charge on any atom is -0.451 e. The average molecular weight is 418 g/mol. The van der Waals surface area contributed by atoms with Gasteiger partial charge in [-0.2, -0.15) is 10.2 Å². The molecule has 9 nitrogen and oxygen atoms in total. The van der Waals surface area contributed by atoms with Gasteiger partial charge in [0.2, 0.25) is 0 Å². The number of pyridine rings is 1. The van der Waals surface area contributed by atoms with Crippen molar-refractivity contribution in [1.82, 2.24) is 25.0 Å². The number of hydrogen-bond acceptors (Lipinski definition) is 6. The molecule has 0 radical (unpaired) electrons. The smallest absolute Gasteiger partial charge is 0.291 e. The van der Waals surface area contributed by atoms with Crippen LogP contribution in [0.25, 0.3) is 22.7 Å². The van der Waals surface area contributed by atoms with Crippen LogP contribution < -0.4 is 5.32 Å². The van der Waals surface area contributed by atoms with Gasteiger partial charge in [-0.15, -0.1) is 0 Å². The highest BCUT2D eigenvalue weighted by Gasteiger charge is 2.24. The molecule has 0 aromatic carbocycles. The molecule has 4 heterocycles. The topological polar surface area (TPSA) is 122 Å². The number of H-pyrrole nitrogens is 1. The lowest BCUT2D eigenvalue weighted by Gasteiger charge is -2.25. The van der Waals surface area contributed by atoms with Crippen LogP contribution in [0, 0.1) is 0 Å². The number of nitrogens with one attached hydrogen (secondary N) is 2. The predicted molar refractivity (Wildman–Crippen MR) is 113 cm³/mol. The molecule has 0 spiro atoms. The van der Waals surface area contributed by atoms with Crippen molar-refractivity contribution in [2.75, 3.05) is 5.32 Å². The van der Waals surface area contributed by atoms with Crippen LogP contribution in [0.2, 0.25) is 0 Å². The van der Waals surface area contributed by atoms with Crippen molar-refractivity contribution in [2.45, 2.75) is 37.8 Å². The first-order valence-electron chi connectivity index (χ1n) is 10.3.